The van der Waals surface area contributed by atoms with E-state index in [0.29, 0.717) is 17.3 Å². The van der Waals surface area contributed by atoms with Crippen LogP contribution in [0.15, 0.2) is 42.6 Å². The molecule has 21 heavy (non-hydrogen) atoms. The molecule has 0 fully saturated rings. The molecular formula is C15H12ClN3O2. The fourth-order valence-electron chi connectivity index (χ4n) is 2.07. The van der Waals surface area contributed by atoms with E-state index in [0.717, 1.165) is 11.3 Å². The largest absolute Gasteiger partial charge is 0.461 e. The van der Waals surface area contributed by atoms with Crippen LogP contribution in [-0.4, -0.2) is 27.2 Å². The number of carbonyl (C=O) groups is 1. The van der Waals surface area contributed by atoms with Crippen LogP contribution < -0.4 is 0 Å². The molecule has 0 bridgehead atoms. The minimum atomic E-state index is -0.458. The first-order chi connectivity index (χ1) is 10.2. The monoisotopic (exact) mass is 301 g/mol. The molecule has 1 aromatic carbocycles. The minimum Gasteiger partial charge on any atom is -0.461 e. The topological polar surface area (TPSA) is 56.5 Å². The maximum absolute atomic E-state index is 11.8. The van der Waals surface area contributed by atoms with Crippen LogP contribution in [0.2, 0.25) is 5.02 Å². The van der Waals surface area contributed by atoms with Crippen molar-refractivity contribution in [2.24, 2.45) is 0 Å². The molecule has 2 aromatic heterocycles. The van der Waals surface area contributed by atoms with Crippen LogP contribution in [0.5, 0.6) is 0 Å². The predicted molar refractivity (Wildman–Crippen MR) is 79.4 cm³/mol. The Morgan fingerprint density at radius 1 is 1.33 bits per heavy atom. The molecule has 0 spiro atoms. The molecule has 0 saturated carbocycles. The van der Waals surface area contributed by atoms with E-state index in [1.165, 1.54) is 0 Å². The second kappa shape index (κ2) is 5.54. The number of carbonyl (C=O) groups excluding carboxylic acids is 1. The van der Waals surface area contributed by atoms with Gasteiger partial charge in [0, 0.05) is 22.8 Å². The van der Waals surface area contributed by atoms with Gasteiger partial charge in [0.2, 0.25) is 0 Å². The first-order valence-corrected chi connectivity index (χ1v) is 6.84. The lowest BCUT2D eigenvalue weighted by Crippen LogP contribution is -2.05. The quantitative estimate of drug-likeness (QED) is 0.697. The number of nitrogens with zero attached hydrogens (tertiary/aromatic N) is 3. The van der Waals surface area contributed by atoms with Gasteiger partial charge in [0.05, 0.1) is 12.3 Å². The van der Waals surface area contributed by atoms with Crippen molar-refractivity contribution in [1.29, 1.82) is 0 Å². The summed E-state index contributed by atoms with van der Waals surface area (Å²) in [5.41, 5.74) is 2.51. The number of rotatable bonds is 3. The van der Waals surface area contributed by atoms with Crippen LogP contribution in [0.25, 0.3) is 16.9 Å². The summed E-state index contributed by atoms with van der Waals surface area (Å²) >= 11 is 6.02. The fourth-order valence-corrected chi connectivity index (χ4v) is 2.26. The van der Waals surface area contributed by atoms with Crippen LogP contribution in [0, 0.1) is 0 Å². The summed E-state index contributed by atoms with van der Waals surface area (Å²) in [4.78, 5) is 16.0. The average Bonchev–Trinajstić information content (AvgIpc) is 2.91. The van der Waals surface area contributed by atoms with Crippen LogP contribution in [0.4, 0.5) is 0 Å². The number of aromatic nitrogens is 3. The van der Waals surface area contributed by atoms with E-state index in [-0.39, 0.29) is 5.69 Å². The zero-order chi connectivity index (χ0) is 14.8. The first kappa shape index (κ1) is 13.6. The Hall–Kier alpha value is -2.40. The van der Waals surface area contributed by atoms with Gasteiger partial charge in [0.25, 0.3) is 0 Å². The molecule has 0 aliphatic carbocycles. The second-order valence-electron chi connectivity index (χ2n) is 4.36. The lowest BCUT2D eigenvalue weighted by Gasteiger charge is -2.04. The van der Waals surface area contributed by atoms with Gasteiger partial charge in [0.15, 0.2) is 11.3 Å². The third kappa shape index (κ3) is 2.60. The van der Waals surface area contributed by atoms with Gasteiger partial charge in [0.1, 0.15) is 0 Å². The maximum Gasteiger partial charge on any atom is 0.358 e. The predicted octanol–water partition coefficient (Wildman–Crippen LogP) is 3.23. The second-order valence-corrected chi connectivity index (χ2v) is 4.80. The Bertz CT molecular complexity index is 814. The summed E-state index contributed by atoms with van der Waals surface area (Å²) in [6, 6.07) is 10.8. The SMILES string of the molecule is CCOC(=O)c1cc2nccc(-c3cccc(Cl)c3)n2n1. The van der Waals surface area contributed by atoms with Gasteiger partial charge in [-0.25, -0.2) is 14.3 Å². The Balaban J connectivity index is 2.14. The van der Waals surface area contributed by atoms with E-state index < -0.39 is 5.97 Å². The van der Waals surface area contributed by atoms with E-state index in [1.807, 2.05) is 24.3 Å². The Morgan fingerprint density at radius 3 is 2.95 bits per heavy atom. The molecule has 0 unspecified atom stereocenters. The molecule has 0 saturated heterocycles. The number of hydrogen-bond acceptors (Lipinski definition) is 4. The summed E-state index contributed by atoms with van der Waals surface area (Å²) in [7, 11) is 0. The Labute approximate surface area is 126 Å². The van der Waals surface area contributed by atoms with Crippen LogP contribution in [0.3, 0.4) is 0 Å². The molecule has 6 heteroatoms. The van der Waals surface area contributed by atoms with E-state index in [4.69, 9.17) is 16.3 Å². The molecule has 106 valence electrons. The van der Waals surface area contributed by atoms with E-state index in [2.05, 4.69) is 10.1 Å². The van der Waals surface area contributed by atoms with Crippen molar-refractivity contribution in [3.63, 3.8) is 0 Å². The number of ether oxygens (including phenoxy) is 1. The lowest BCUT2D eigenvalue weighted by atomic mass is 10.1. The van der Waals surface area contributed by atoms with Crippen molar-refractivity contribution >= 4 is 23.2 Å². The van der Waals surface area contributed by atoms with Gasteiger partial charge in [-0.1, -0.05) is 23.7 Å². The number of esters is 1. The molecule has 2 heterocycles. The highest BCUT2D eigenvalue weighted by Crippen LogP contribution is 2.23. The van der Waals surface area contributed by atoms with Crippen LogP contribution >= 0.6 is 11.6 Å². The van der Waals surface area contributed by atoms with Gasteiger partial charge >= 0.3 is 5.97 Å². The molecule has 0 aliphatic heterocycles. The molecule has 0 atom stereocenters. The Kier molecular flexibility index (Phi) is 3.58. The normalized spacial score (nSPS) is 10.8. The van der Waals surface area contributed by atoms with Crippen LogP contribution in [0.1, 0.15) is 17.4 Å². The highest BCUT2D eigenvalue weighted by molar-refractivity contribution is 6.30. The van der Waals surface area contributed by atoms with Crippen molar-refractivity contribution in [2.75, 3.05) is 6.61 Å². The molecule has 3 aromatic rings. The molecule has 0 amide bonds. The Morgan fingerprint density at radius 2 is 2.19 bits per heavy atom. The molecule has 0 radical (unpaired) electrons. The zero-order valence-electron chi connectivity index (χ0n) is 11.3. The number of halogens is 1. The van der Waals surface area contributed by atoms with Crippen LogP contribution in [-0.2, 0) is 4.74 Å². The summed E-state index contributed by atoms with van der Waals surface area (Å²) < 4.78 is 6.57. The lowest BCUT2D eigenvalue weighted by molar-refractivity contribution is 0.0519. The van der Waals surface area contributed by atoms with E-state index >= 15 is 0 Å². The number of benzene rings is 1. The fraction of sp³-hybridized carbons (Fsp3) is 0.133. The summed E-state index contributed by atoms with van der Waals surface area (Å²) in [6.07, 6.45) is 1.67. The highest BCUT2D eigenvalue weighted by atomic mass is 35.5. The van der Waals surface area contributed by atoms with Gasteiger partial charge in [-0.05, 0) is 25.1 Å². The van der Waals surface area contributed by atoms with Gasteiger partial charge in [-0.2, -0.15) is 5.10 Å². The molecule has 5 nitrogen and oxygen atoms in total. The molecule has 0 N–H and O–H groups in total. The first-order valence-electron chi connectivity index (χ1n) is 6.47. The van der Waals surface area contributed by atoms with Gasteiger partial charge in [-0.3, -0.25) is 0 Å². The van der Waals surface area contributed by atoms with Crippen molar-refractivity contribution < 1.29 is 9.53 Å². The molecular weight excluding hydrogens is 290 g/mol. The number of fused-ring (bicyclic) bond motifs is 1. The summed E-state index contributed by atoms with van der Waals surface area (Å²) in [5.74, 6) is -0.458. The van der Waals surface area contributed by atoms with Crippen molar-refractivity contribution in [1.82, 2.24) is 14.6 Å². The highest BCUT2D eigenvalue weighted by Gasteiger charge is 2.14. The van der Waals surface area contributed by atoms with E-state index in [1.54, 1.807) is 29.8 Å². The standard InChI is InChI=1S/C15H12ClN3O2/c1-2-21-15(20)12-9-14-17-7-6-13(19(14)18-12)10-4-3-5-11(16)8-10/h3-9H,2H2,1H3. The van der Waals surface area contributed by atoms with Gasteiger partial charge in [-0.15, -0.1) is 0 Å². The third-order valence-corrected chi connectivity index (χ3v) is 3.20. The smallest absolute Gasteiger partial charge is 0.358 e. The minimum absolute atomic E-state index is 0.235. The van der Waals surface area contributed by atoms with Crippen molar-refractivity contribution in [3.05, 3.63) is 53.3 Å². The van der Waals surface area contributed by atoms with Crippen molar-refractivity contribution in [3.8, 4) is 11.3 Å². The number of hydrogen-bond donors (Lipinski definition) is 0. The molecule has 0 aliphatic rings. The molecule has 3 rings (SSSR count). The summed E-state index contributed by atoms with van der Waals surface area (Å²) in [6.45, 7) is 2.06. The third-order valence-electron chi connectivity index (χ3n) is 2.96. The van der Waals surface area contributed by atoms with Crippen molar-refractivity contribution in [2.45, 2.75) is 6.92 Å². The maximum atomic E-state index is 11.8. The summed E-state index contributed by atoms with van der Waals surface area (Å²) in [5, 5.41) is 4.91. The van der Waals surface area contributed by atoms with Gasteiger partial charge < -0.3 is 4.74 Å². The van der Waals surface area contributed by atoms with E-state index in [9.17, 15) is 4.79 Å². The average molecular weight is 302 g/mol. The zero-order valence-corrected chi connectivity index (χ0v) is 12.0.